The fraction of sp³-hybridized carbons (Fsp3) is 0.286. The van der Waals surface area contributed by atoms with E-state index in [9.17, 15) is 24.8 Å². The van der Waals surface area contributed by atoms with Gasteiger partial charge in [0.1, 0.15) is 30.0 Å². The van der Waals surface area contributed by atoms with Crippen molar-refractivity contribution in [3.63, 3.8) is 0 Å². The van der Waals surface area contributed by atoms with Crippen molar-refractivity contribution in [2.24, 2.45) is 0 Å². The van der Waals surface area contributed by atoms with Crippen LogP contribution in [0.15, 0.2) is 66.7 Å². The molecular weight excluding hydrogens is 472 g/mol. The Morgan fingerprint density at radius 3 is 2.30 bits per heavy atom. The van der Waals surface area contributed by atoms with Crippen molar-refractivity contribution in [2.45, 2.75) is 45.4 Å². The molecule has 0 bridgehead atoms. The largest absolute Gasteiger partial charge is 0.508 e. The molecule has 0 aliphatic rings. The smallest absolute Gasteiger partial charge is 0.408 e. The monoisotopic (exact) mass is 502 g/mol. The van der Waals surface area contributed by atoms with Gasteiger partial charge in [-0.15, -0.1) is 0 Å². The number of nitriles is 1. The molecule has 3 aromatic carbocycles. The third-order valence-electron chi connectivity index (χ3n) is 5.41. The van der Waals surface area contributed by atoms with Crippen LogP contribution in [0.25, 0.3) is 10.8 Å². The van der Waals surface area contributed by atoms with Gasteiger partial charge < -0.3 is 25.4 Å². The van der Waals surface area contributed by atoms with Gasteiger partial charge in [-0.3, -0.25) is 9.59 Å². The van der Waals surface area contributed by atoms with Gasteiger partial charge in [0.25, 0.3) is 5.91 Å². The van der Waals surface area contributed by atoms with E-state index in [0.29, 0.717) is 11.3 Å². The molecule has 0 heterocycles. The van der Waals surface area contributed by atoms with Gasteiger partial charge in [0.15, 0.2) is 0 Å². The summed E-state index contributed by atoms with van der Waals surface area (Å²) in [7, 11) is 0. The number of ether oxygens (including phenoxy) is 1. The topological polar surface area (TPSA) is 132 Å². The Morgan fingerprint density at radius 1 is 1.03 bits per heavy atom. The average Bonchev–Trinajstić information content (AvgIpc) is 2.83. The highest BCUT2D eigenvalue weighted by Crippen LogP contribution is 2.27. The molecule has 0 aliphatic heterocycles. The number of phenols is 1. The van der Waals surface area contributed by atoms with Crippen molar-refractivity contribution >= 4 is 34.4 Å². The first-order valence-electron chi connectivity index (χ1n) is 11.7. The Labute approximate surface area is 215 Å². The van der Waals surface area contributed by atoms with Gasteiger partial charge in [0, 0.05) is 5.69 Å². The molecule has 3 N–H and O–H groups in total. The quantitative estimate of drug-likeness (QED) is 0.408. The molecule has 0 aliphatic carbocycles. The van der Waals surface area contributed by atoms with Crippen molar-refractivity contribution in [2.75, 3.05) is 11.9 Å². The number of alkyl carbamates (subject to hydrolysis) is 1. The molecule has 9 nitrogen and oxygen atoms in total. The Hall–Kier alpha value is -4.58. The molecule has 0 aromatic heterocycles. The lowest BCUT2D eigenvalue weighted by molar-refractivity contribution is -0.139. The van der Waals surface area contributed by atoms with Gasteiger partial charge in [-0.05, 0) is 68.3 Å². The van der Waals surface area contributed by atoms with Crippen molar-refractivity contribution < 1.29 is 24.2 Å². The molecule has 2 atom stereocenters. The number of carbonyl (C=O) groups excluding carboxylic acids is 3. The molecule has 3 amide bonds. The first kappa shape index (κ1) is 27.0. The number of amides is 3. The summed E-state index contributed by atoms with van der Waals surface area (Å²) in [6, 6.07) is 18.5. The van der Waals surface area contributed by atoms with Crippen LogP contribution < -0.4 is 10.6 Å². The Bertz CT molecular complexity index is 1320. The van der Waals surface area contributed by atoms with Gasteiger partial charge in [-0.1, -0.05) is 42.5 Å². The molecule has 192 valence electrons. The molecule has 0 spiro atoms. The van der Waals surface area contributed by atoms with E-state index in [1.165, 1.54) is 31.2 Å². The molecule has 3 aromatic rings. The Kier molecular flexibility index (Phi) is 8.35. The van der Waals surface area contributed by atoms with Crippen LogP contribution in [-0.2, 0) is 14.3 Å². The molecule has 0 fully saturated rings. The van der Waals surface area contributed by atoms with Crippen LogP contribution >= 0.6 is 0 Å². The Balaban J connectivity index is 1.93. The summed E-state index contributed by atoms with van der Waals surface area (Å²) in [6.45, 7) is 6.11. The van der Waals surface area contributed by atoms with Crippen molar-refractivity contribution in [1.29, 1.82) is 5.26 Å². The second kappa shape index (κ2) is 11.4. The number of fused-ring (bicyclic) bond motifs is 1. The standard InChI is InChI=1S/C28H30N4O5/c1-18(30-27(36)37-28(2,3)4)26(35)32(16-15-29)24(20-10-13-23(33)14-11-20)25(34)31-22-12-9-19-7-5-6-8-21(19)17-22/h5-14,17-18,24,33H,16H2,1-4H3,(H,30,36)(H,31,34). The minimum atomic E-state index is -1.22. The number of nitrogens with one attached hydrogen (secondary N) is 2. The summed E-state index contributed by atoms with van der Waals surface area (Å²) in [5.74, 6) is -1.23. The Morgan fingerprint density at radius 2 is 1.68 bits per heavy atom. The van der Waals surface area contributed by atoms with E-state index in [-0.39, 0.29) is 5.75 Å². The summed E-state index contributed by atoms with van der Waals surface area (Å²) < 4.78 is 5.23. The fourth-order valence-electron chi connectivity index (χ4n) is 3.77. The van der Waals surface area contributed by atoms with Crippen LogP contribution in [0.2, 0.25) is 0 Å². The second-order valence-electron chi connectivity index (χ2n) is 9.54. The summed E-state index contributed by atoms with van der Waals surface area (Å²) >= 11 is 0. The van der Waals surface area contributed by atoms with Crippen molar-refractivity contribution in [1.82, 2.24) is 10.2 Å². The second-order valence-corrected chi connectivity index (χ2v) is 9.54. The van der Waals surface area contributed by atoms with Crippen LogP contribution in [0.1, 0.15) is 39.3 Å². The first-order valence-corrected chi connectivity index (χ1v) is 11.7. The SMILES string of the molecule is CC(NC(=O)OC(C)(C)C)C(=O)N(CC#N)C(C(=O)Nc1ccc2ccccc2c1)c1ccc(O)cc1. The minimum absolute atomic E-state index is 0.0180. The maximum absolute atomic E-state index is 13.6. The zero-order chi connectivity index (χ0) is 27.2. The van der Waals surface area contributed by atoms with Crippen LogP contribution in [0.5, 0.6) is 5.75 Å². The van der Waals surface area contributed by atoms with E-state index in [2.05, 4.69) is 10.6 Å². The summed E-state index contributed by atoms with van der Waals surface area (Å²) in [5.41, 5.74) is 0.119. The highest BCUT2D eigenvalue weighted by atomic mass is 16.6. The number of nitrogens with zero attached hydrogens (tertiary/aromatic N) is 2. The number of phenolic OH excluding ortho intramolecular Hbond substituents is 1. The lowest BCUT2D eigenvalue weighted by Gasteiger charge is -2.32. The maximum atomic E-state index is 13.6. The van der Waals surface area contributed by atoms with Gasteiger partial charge in [-0.25, -0.2) is 4.79 Å². The van der Waals surface area contributed by atoms with E-state index in [1.807, 2.05) is 42.5 Å². The number of carbonyl (C=O) groups is 3. The predicted molar refractivity (Wildman–Crippen MR) is 140 cm³/mol. The van der Waals surface area contributed by atoms with E-state index in [0.717, 1.165) is 15.7 Å². The fourth-order valence-corrected chi connectivity index (χ4v) is 3.77. The number of hydrogen-bond acceptors (Lipinski definition) is 6. The summed E-state index contributed by atoms with van der Waals surface area (Å²) in [6.07, 6.45) is -0.799. The van der Waals surface area contributed by atoms with Gasteiger partial charge in [0.05, 0.1) is 6.07 Å². The molecule has 0 saturated carbocycles. The molecular formula is C28H30N4O5. The lowest BCUT2D eigenvalue weighted by Crippen LogP contribution is -2.51. The molecule has 2 unspecified atom stereocenters. The molecule has 0 radical (unpaired) electrons. The number of aromatic hydroxyl groups is 1. The highest BCUT2D eigenvalue weighted by Gasteiger charge is 2.34. The van der Waals surface area contributed by atoms with Crippen LogP contribution in [0.4, 0.5) is 10.5 Å². The molecule has 3 rings (SSSR count). The lowest BCUT2D eigenvalue weighted by atomic mass is 10.0. The molecule has 9 heteroatoms. The number of anilines is 1. The van der Waals surface area contributed by atoms with E-state index in [4.69, 9.17) is 4.74 Å². The highest BCUT2D eigenvalue weighted by molar-refractivity contribution is 6.00. The minimum Gasteiger partial charge on any atom is -0.508 e. The average molecular weight is 503 g/mol. The van der Waals surface area contributed by atoms with E-state index < -0.39 is 42.1 Å². The van der Waals surface area contributed by atoms with E-state index in [1.54, 1.807) is 26.8 Å². The summed E-state index contributed by atoms with van der Waals surface area (Å²) in [4.78, 5) is 40.3. The van der Waals surface area contributed by atoms with Crippen LogP contribution in [0.3, 0.4) is 0 Å². The molecule has 37 heavy (non-hydrogen) atoms. The van der Waals surface area contributed by atoms with Crippen molar-refractivity contribution in [3.05, 3.63) is 72.3 Å². The van der Waals surface area contributed by atoms with Gasteiger partial charge in [0.2, 0.25) is 5.91 Å². The van der Waals surface area contributed by atoms with Gasteiger partial charge in [-0.2, -0.15) is 5.26 Å². The molecule has 0 saturated heterocycles. The van der Waals surface area contributed by atoms with Gasteiger partial charge >= 0.3 is 6.09 Å². The van der Waals surface area contributed by atoms with Crippen LogP contribution in [0, 0.1) is 11.3 Å². The number of rotatable bonds is 7. The van der Waals surface area contributed by atoms with Crippen molar-refractivity contribution in [3.8, 4) is 11.8 Å². The third-order valence-corrected chi connectivity index (χ3v) is 5.41. The third kappa shape index (κ3) is 7.21. The maximum Gasteiger partial charge on any atom is 0.408 e. The first-order chi connectivity index (χ1) is 17.5. The number of hydrogen-bond donors (Lipinski definition) is 3. The summed E-state index contributed by atoms with van der Waals surface area (Å²) in [5, 5.41) is 26.5. The normalized spacial score (nSPS) is 12.6. The van der Waals surface area contributed by atoms with E-state index >= 15 is 0 Å². The van der Waals surface area contributed by atoms with Crippen LogP contribution in [-0.4, -0.2) is 46.1 Å². The predicted octanol–water partition coefficient (Wildman–Crippen LogP) is 4.49. The zero-order valence-electron chi connectivity index (χ0n) is 21.2. The number of benzene rings is 3. The zero-order valence-corrected chi connectivity index (χ0v) is 21.2.